The van der Waals surface area contributed by atoms with Crippen molar-refractivity contribution in [3.8, 4) is 0 Å². The smallest absolute Gasteiger partial charge is 0.338 e. The average molecular weight is 311 g/mol. The fourth-order valence-corrected chi connectivity index (χ4v) is 1.93. The Morgan fingerprint density at radius 3 is 2.89 bits per heavy atom. The summed E-state index contributed by atoms with van der Waals surface area (Å²) in [6.07, 6.45) is 1.68. The molecule has 0 aliphatic carbocycles. The van der Waals surface area contributed by atoms with Gasteiger partial charge in [-0.25, -0.2) is 4.79 Å². The number of anilines is 1. The van der Waals surface area contributed by atoms with Crippen molar-refractivity contribution in [3.63, 3.8) is 0 Å². The van der Waals surface area contributed by atoms with Gasteiger partial charge in [0.25, 0.3) is 0 Å². The Labute approximate surface area is 112 Å². The molecule has 0 amide bonds. The minimum absolute atomic E-state index is 0.0824. The predicted molar refractivity (Wildman–Crippen MR) is 68.7 cm³/mol. The number of nitrogens with two attached hydrogens (primary N) is 1. The lowest BCUT2D eigenvalue weighted by atomic mass is 10.2. The van der Waals surface area contributed by atoms with Crippen LogP contribution in [0.5, 0.6) is 0 Å². The van der Waals surface area contributed by atoms with Gasteiger partial charge in [0.05, 0.1) is 11.8 Å². The fourth-order valence-electron chi connectivity index (χ4n) is 1.41. The molecule has 2 N–H and O–H groups in total. The van der Waals surface area contributed by atoms with Crippen LogP contribution in [0, 0.1) is 0 Å². The molecule has 0 aliphatic rings. The molecular formula is C11H11BrN4O2. The Hall–Kier alpha value is -1.89. The van der Waals surface area contributed by atoms with E-state index in [1.54, 1.807) is 36.1 Å². The van der Waals surface area contributed by atoms with Crippen molar-refractivity contribution in [2.75, 3.05) is 5.73 Å². The van der Waals surface area contributed by atoms with Gasteiger partial charge in [-0.3, -0.25) is 4.68 Å². The SMILES string of the molecule is Cn1cc(COC(=O)c2cc(N)cc(Br)c2)nn1. The quantitative estimate of drug-likeness (QED) is 0.686. The molecule has 0 radical (unpaired) electrons. The number of ether oxygens (including phenoxy) is 1. The first-order chi connectivity index (χ1) is 8.54. The molecule has 6 nitrogen and oxygen atoms in total. The molecule has 0 spiro atoms. The van der Waals surface area contributed by atoms with Crippen molar-refractivity contribution in [2.24, 2.45) is 7.05 Å². The molecule has 7 heteroatoms. The van der Waals surface area contributed by atoms with E-state index in [1.165, 1.54) is 0 Å². The molecule has 0 saturated carbocycles. The lowest BCUT2D eigenvalue weighted by molar-refractivity contribution is 0.0467. The van der Waals surface area contributed by atoms with E-state index in [2.05, 4.69) is 26.2 Å². The monoisotopic (exact) mass is 310 g/mol. The van der Waals surface area contributed by atoms with Crippen LogP contribution in [0.15, 0.2) is 28.9 Å². The highest BCUT2D eigenvalue weighted by molar-refractivity contribution is 9.10. The van der Waals surface area contributed by atoms with Crippen LogP contribution in [0.25, 0.3) is 0 Å². The van der Waals surface area contributed by atoms with Gasteiger partial charge in [-0.05, 0) is 18.2 Å². The summed E-state index contributed by atoms with van der Waals surface area (Å²) >= 11 is 3.27. The maximum absolute atomic E-state index is 11.8. The topological polar surface area (TPSA) is 83.0 Å². The number of hydrogen-bond donors (Lipinski definition) is 1. The van der Waals surface area contributed by atoms with Crippen molar-refractivity contribution in [1.29, 1.82) is 0 Å². The third-order valence-corrected chi connectivity index (χ3v) is 2.61. The minimum atomic E-state index is -0.450. The molecule has 0 fully saturated rings. The van der Waals surface area contributed by atoms with Crippen LogP contribution in [0.4, 0.5) is 5.69 Å². The van der Waals surface area contributed by atoms with Crippen LogP contribution in [-0.4, -0.2) is 21.0 Å². The maximum atomic E-state index is 11.8. The molecule has 0 unspecified atom stereocenters. The number of esters is 1. The van der Waals surface area contributed by atoms with Gasteiger partial charge in [0.15, 0.2) is 0 Å². The van der Waals surface area contributed by atoms with E-state index in [0.29, 0.717) is 16.9 Å². The van der Waals surface area contributed by atoms with Gasteiger partial charge in [0.1, 0.15) is 12.3 Å². The zero-order chi connectivity index (χ0) is 13.1. The van der Waals surface area contributed by atoms with Crippen LogP contribution >= 0.6 is 15.9 Å². The van der Waals surface area contributed by atoms with Crippen molar-refractivity contribution in [2.45, 2.75) is 6.61 Å². The lowest BCUT2D eigenvalue weighted by Crippen LogP contribution is -2.06. The maximum Gasteiger partial charge on any atom is 0.338 e. The summed E-state index contributed by atoms with van der Waals surface area (Å²) in [4.78, 5) is 11.8. The van der Waals surface area contributed by atoms with E-state index >= 15 is 0 Å². The molecular weight excluding hydrogens is 300 g/mol. The minimum Gasteiger partial charge on any atom is -0.455 e. The fraction of sp³-hybridized carbons (Fsp3) is 0.182. The lowest BCUT2D eigenvalue weighted by Gasteiger charge is -2.04. The summed E-state index contributed by atoms with van der Waals surface area (Å²) in [5.74, 6) is -0.450. The normalized spacial score (nSPS) is 10.3. The number of aryl methyl sites for hydroxylation is 1. The van der Waals surface area contributed by atoms with Gasteiger partial charge in [-0.15, -0.1) is 5.10 Å². The molecule has 2 aromatic rings. The zero-order valence-electron chi connectivity index (χ0n) is 9.63. The molecule has 1 aromatic heterocycles. The van der Waals surface area contributed by atoms with E-state index in [4.69, 9.17) is 10.5 Å². The number of carbonyl (C=O) groups is 1. The van der Waals surface area contributed by atoms with Crippen LogP contribution in [0.3, 0.4) is 0 Å². The zero-order valence-corrected chi connectivity index (χ0v) is 11.2. The Bertz CT molecular complexity index is 562. The average Bonchev–Trinajstić information content (AvgIpc) is 2.70. The summed E-state index contributed by atoms with van der Waals surface area (Å²) in [5.41, 5.74) is 7.13. The van der Waals surface area contributed by atoms with Crippen molar-refractivity contribution < 1.29 is 9.53 Å². The first kappa shape index (κ1) is 12.6. The van der Waals surface area contributed by atoms with Crippen molar-refractivity contribution in [3.05, 3.63) is 40.1 Å². The second kappa shape index (κ2) is 5.18. The number of aromatic nitrogens is 3. The molecule has 18 heavy (non-hydrogen) atoms. The third kappa shape index (κ3) is 3.07. The first-order valence-electron chi connectivity index (χ1n) is 5.13. The van der Waals surface area contributed by atoms with Crippen LogP contribution < -0.4 is 5.73 Å². The molecule has 0 bridgehead atoms. The van der Waals surface area contributed by atoms with Gasteiger partial charge in [-0.1, -0.05) is 21.1 Å². The van der Waals surface area contributed by atoms with Crippen LogP contribution in [-0.2, 0) is 18.4 Å². The Balaban J connectivity index is 2.03. The molecule has 1 aromatic carbocycles. The van der Waals surface area contributed by atoms with E-state index in [1.807, 2.05) is 0 Å². The van der Waals surface area contributed by atoms with Gasteiger partial charge in [-0.2, -0.15) is 0 Å². The first-order valence-corrected chi connectivity index (χ1v) is 5.92. The van der Waals surface area contributed by atoms with Gasteiger partial charge in [0, 0.05) is 17.2 Å². The van der Waals surface area contributed by atoms with E-state index in [9.17, 15) is 4.79 Å². The number of benzene rings is 1. The second-order valence-corrected chi connectivity index (χ2v) is 4.65. The van der Waals surface area contributed by atoms with Crippen LogP contribution in [0.2, 0.25) is 0 Å². The molecule has 94 valence electrons. The van der Waals surface area contributed by atoms with E-state index < -0.39 is 5.97 Å². The van der Waals surface area contributed by atoms with Crippen molar-refractivity contribution >= 4 is 27.6 Å². The molecule has 2 rings (SSSR count). The Morgan fingerprint density at radius 2 is 2.28 bits per heavy atom. The molecule has 0 aliphatic heterocycles. The van der Waals surface area contributed by atoms with Gasteiger partial charge >= 0.3 is 5.97 Å². The number of nitrogens with zero attached hydrogens (tertiary/aromatic N) is 3. The highest BCUT2D eigenvalue weighted by Crippen LogP contribution is 2.18. The Kier molecular flexibility index (Phi) is 3.61. The summed E-state index contributed by atoms with van der Waals surface area (Å²) in [7, 11) is 1.74. The number of halogens is 1. The van der Waals surface area contributed by atoms with E-state index in [-0.39, 0.29) is 6.61 Å². The van der Waals surface area contributed by atoms with E-state index in [0.717, 1.165) is 4.47 Å². The molecule has 0 saturated heterocycles. The summed E-state index contributed by atoms with van der Waals surface area (Å²) < 4.78 is 7.38. The highest BCUT2D eigenvalue weighted by atomic mass is 79.9. The Morgan fingerprint density at radius 1 is 1.50 bits per heavy atom. The summed E-state index contributed by atoms with van der Waals surface area (Å²) in [6, 6.07) is 4.92. The largest absolute Gasteiger partial charge is 0.455 e. The predicted octanol–water partition coefficient (Wildman–Crippen LogP) is 1.52. The molecule has 1 heterocycles. The standard InChI is InChI=1S/C11H11BrN4O2/c1-16-5-10(14-15-16)6-18-11(17)7-2-8(12)4-9(13)3-7/h2-5H,6,13H2,1H3. The summed E-state index contributed by atoms with van der Waals surface area (Å²) in [5, 5.41) is 7.56. The number of nitrogen functional groups attached to an aromatic ring is 1. The van der Waals surface area contributed by atoms with Crippen molar-refractivity contribution in [1.82, 2.24) is 15.0 Å². The van der Waals surface area contributed by atoms with Gasteiger partial charge < -0.3 is 10.5 Å². The number of rotatable bonds is 3. The number of carbonyl (C=O) groups excluding carboxylic acids is 1. The highest BCUT2D eigenvalue weighted by Gasteiger charge is 2.10. The summed E-state index contributed by atoms with van der Waals surface area (Å²) in [6.45, 7) is 0.0824. The number of hydrogen-bond acceptors (Lipinski definition) is 5. The third-order valence-electron chi connectivity index (χ3n) is 2.16. The van der Waals surface area contributed by atoms with Gasteiger partial charge in [0.2, 0.25) is 0 Å². The van der Waals surface area contributed by atoms with Crippen LogP contribution in [0.1, 0.15) is 16.1 Å². The molecule has 0 atom stereocenters. The second-order valence-electron chi connectivity index (χ2n) is 3.73.